The summed E-state index contributed by atoms with van der Waals surface area (Å²) in [7, 11) is 5.61. The van der Waals surface area contributed by atoms with Crippen LogP contribution in [0.4, 0.5) is 0 Å². The molecule has 2 rings (SSSR count). The Balaban J connectivity index is 0.000000320. The Hall–Kier alpha value is -4.34. The number of hydrogen-bond donors (Lipinski definition) is 4. The van der Waals surface area contributed by atoms with Gasteiger partial charge in [-0.05, 0) is 47.5 Å². The van der Waals surface area contributed by atoms with E-state index >= 15 is 0 Å². The summed E-state index contributed by atoms with van der Waals surface area (Å²) in [4.78, 5) is 20.7. The molecule has 0 aliphatic heterocycles. The number of ether oxygens (including phenoxy) is 4. The average Bonchev–Trinajstić information content (AvgIpc) is 2.77. The summed E-state index contributed by atoms with van der Waals surface area (Å²) in [6.45, 7) is 0. The molecule has 0 bridgehead atoms. The van der Waals surface area contributed by atoms with Crippen LogP contribution >= 0.6 is 0 Å². The maximum Gasteiger partial charge on any atom is 0.328 e. The van der Waals surface area contributed by atoms with Crippen LogP contribution in [0.15, 0.2) is 36.4 Å². The number of carboxylic acid groups (broad SMARTS) is 2. The number of benzene rings is 2. The summed E-state index contributed by atoms with van der Waals surface area (Å²) in [5.74, 6) is -1.42. The summed E-state index contributed by atoms with van der Waals surface area (Å²) in [5, 5.41) is 36.2. The Morgan fingerprint density at radius 3 is 1.06 bits per heavy atom. The van der Waals surface area contributed by atoms with Gasteiger partial charge < -0.3 is 39.4 Å². The fourth-order valence-corrected chi connectivity index (χ4v) is 2.35. The number of hydrogen-bond acceptors (Lipinski definition) is 8. The van der Waals surface area contributed by atoms with Gasteiger partial charge in [-0.3, -0.25) is 0 Å². The Kier molecular flexibility index (Phi) is 9.94. The number of phenolic OH excluding ortho intramolecular Hbond substituents is 2. The highest BCUT2D eigenvalue weighted by molar-refractivity contribution is 5.86. The van der Waals surface area contributed by atoms with E-state index in [1.54, 1.807) is 0 Å². The molecule has 0 amide bonds. The number of aliphatic carboxylic acids is 2. The van der Waals surface area contributed by atoms with Gasteiger partial charge in [-0.15, -0.1) is 0 Å². The van der Waals surface area contributed by atoms with Gasteiger partial charge in [-0.2, -0.15) is 0 Å². The van der Waals surface area contributed by atoms with Crippen LogP contribution in [0.5, 0.6) is 34.5 Å². The van der Waals surface area contributed by atoms with Crippen molar-refractivity contribution < 1.29 is 49.0 Å². The zero-order valence-electron chi connectivity index (χ0n) is 17.9. The molecule has 2 aromatic rings. The van der Waals surface area contributed by atoms with Crippen LogP contribution in [0.2, 0.25) is 0 Å². The summed E-state index contributed by atoms with van der Waals surface area (Å²) in [5.41, 5.74) is 1.13. The molecule has 0 saturated carbocycles. The molecule has 0 aliphatic carbocycles. The van der Waals surface area contributed by atoms with E-state index in [1.807, 2.05) is 0 Å². The Bertz CT molecular complexity index is 876. The molecule has 0 aliphatic rings. The van der Waals surface area contributed by atoms with E-state index in [0.29, 0.717) is 11.1 Å². The first kappa shape index (κ1) is 25.7. The quantitative estimate of drug-likeness (QED) is 0.443. The summed E-state index contributed by atoms with van der Waals surface area (Å²) in [6, 6.07) is 6.04. The Morgan fingerprint density at radius 2 is 0.875 bits per heavy atom. The molecule has 2 aromatic carbocycles. The van der Waals surface area contributed by atoms with Gasteiger partial charge in [-0.25, -0.2) is 9.59 Å². The molecule has 0 heterocycles. The van der Waals surface area contributed by atoms with E-state index < -0.39 is 11.9 Å². The topological polar surface area (TPSA) is 152 Å². The second-order valence-corrected chi connectivity index (χ2v) is 5.89. The first-order valence-corrected chi connectivity index (χ1v) is 8.88. The third-order valence-corrected chi connectivity index (χ3v) is 3.84. The van der Waals surface area contributed by atoms with Crippen LogP contribution in [0.1, 0.15) is 11.1 Å². The minimum absolute atomic E-state index is 0.113. The van der Waals surface area contributed by atoms with Crippen molar-refractivity contribution in [3.63, 3.8) is 0 Å². The van der Waals surface area contributed by atoms with Gasteiger partial charge in [0.1, 0.15) is 0 Å². The molecule has 4 N–H and O–H groups in total. The van der Waals surface area contributed by atoms with Gasteiger partial charge in [0.2, 0.25) is 11.5 Å². The number of phenols is 2. The molecule has 172 valence electrons. The molecule has 0 unspecified atom stereocenters. The molecule has 32 heavy (non-hydrogen) atoms. The number of carboxylic acids is 2. The SMILES string of the molecule is COc1cc(C=CC(=O)O)cc(OC)c1O.COc1cc(C=CC(=O)O)cc(OC)c1O. The highest BCUT2D eigenvalue weighted by Crippen LogP contribution is 2.38. The number of rotatable bonds is 8. The number of carbonyl (C=O) groups is 2. The van der Waals surface area contributed by atoms with Gasteiger partial charge in [0.25, 0.3) is 0 Å². The van der Waals surface area contributed by atoms with E-state index in [0.717, 1.165) is 12.2 Å². The van der Waals surface area contributed by atoms with Crippen LogP contribution in [-0.4, -0.2) is 60.8 Å². The van der Waals surface area contributed by atoms with Gasteiger partial charge in [0, 0.05) is 12.2 Å². The average molecular weight is 448 g/mol. The van der Waals surface area contributed by atoms with Crippen molar-refractivity contribution in [2.75, 3.05) is 28.4 Å². The van der Waals surface area contributed by atoms with Crippen molar-refractivity contribution in [1.29, 1.82) is 0 Å². The first-order chi connectivity index (χ1) is 15.2. The van der Waals surface area contributed by atoms with Crippen molar-refractivity contribution in [3.8, 4) is 34.5 Å². The predicted octanol–water partition coefficient (Wildman–Crippen LogP) is 3.01. The second kappa shape index (κ2) is 12.4. The lowest BCUT2D eigenvalue weighted by molar-refractivity contribution is -0.132. The van der Waals surface area contributed by atoms with Crippen molar-refractivity contribution in [2.45, 2.75) is 0 Å². The molecular formula is C22H24O10. The fraction of sp³-hybridized carbons (Fsp3) is 0.182. The monoisotopic (exact) mass is 448 g/mol. The zero-order chi connectivity index (χ0) is 24.3. The molecule has 0 spiro atoms. The fourth-order valence-electron chi connectivity index (χ4n) is 2.35. The summed E-state index contributed by atoms with van der Waals surface area (Å²) < 4.78 is 19.7. The second-order valence-electron chi connectivity index (χ2n) is 5.89. The van der Waals surface area contributed by atoms with Crippen molar-refractivity contribution in [2.24, 2.45) is 0 Å². The van der Waals surface area contributed by atoms with Gasteiger partial charge in [0.15, 0.2) is 23.0 Å². The zero-order valence-corrected chi connectivity index (χ0v) is 17.9. The van der Waals surface area contributed by atoms with Crippen LogP contribution in [0.25, 0.3) is 12.2 Å². The molecule has 0 saturated heterocycles. The molecule has 0 aromatic heterocycles. The molecule has 0 atom stereocenters. The highest BCUT2D eigenvalue weighted by atomic mass is 16.5. The lowest BCUT2D eigenvalue weighted by Crippen LogP contribution is -1.91. The molecule has 0 radical (unpaired) electrons. The number of aromatic hydroxyl groups is 2. The highest BCUT2D eigenvalue weighted by Gasteiger charge is 2.10. The van der Waals surface area contributed by atoms with Crippen LogP contribution in [0.3, 0.4) is 0 Å². The van der Waals surface area contributed by atoms with E-state index in [4.69, 9.17) is 29.2 Å². The third kappa shape index (κ3) is 7.48. The Morgan fingerprint density at radius 1 is 0.625 bits per heavy atom. The number of methoxy groups -OCH3 is 4. The van der Waals surface area contributed by atoms with Crippen LogP contribution in [0, 0.1) is 0 Å². The first-order valence-electron chi connectivity index (χ1n) is 8.88. The molecule has 0 fully saturated rings. The van der Waals surface area contributed by atoms with Crippen molar-refractivity contribution in [1.82, 2.24) is 0 Å². The maximum absolute atomic E-state index is 10.3. The van der Waals surface area contributed by atoms with Gasteiger partial charge in [0.05, 0.1) is 28.4 Å². The lowest BCUT2D eigenvalue weighted by Gasteiger charge is -2.09. The van der Waals surface area contributed by atoms with Crippen LogP contribution in [-0.2, 0) is 9.59 Å². The molecule has 10 heteroatoms. The van der Waals surface area contributed by atoms with Gasteiger partial charge in [-0.1, -0.05) is 0 Å². The lowest BCUT2D eigenvalue weighted by atomic mass is 10.1. The van der Waals surface area contributed by atoms with Crippen molar-refractivity contribution >= 4 is 24.1 Å². The summed E-state index contributed by atoms with van der Waals surface area (Å²) in [6.07, 6.45) is 4.75. The van der Waals surface area contributed by atoms with E-state index in [-0.39, 0.29) is 34.5 Å². The van der Waals surface area contributed by atoms with Crippen LogP contribution < -0.4 is 18.9 Å². The van der Waals surface area contributed by atoms with E-state index in [2.05, 4.69) is 0 Å². The smallest absolute Gasteiger partial charge is 0.328 e. The Labute approximate surface area is 184 Å². The summed E-state index contributed by atoms with van der Waals surface area (Å²) >= 11 is 0. The minimum Gasteiger partial charge on any atom is -0.502 e. The standard InChI is InChI=1S/2C11H12O5/c2*1-15-8-5-7(3-4-10(12)13)6-9(16-2)11(8)14/h2*3-6,14H,1-2H3,(H,12,13). The largest absolute Gasteiger partial charge is 0.502 e. The normalized spacial score (nSPS) is 10.4. The van der Waals surface area contributed by atoms with E-state index in [1.165, 1.54) is 64.9 Å². The third-order valence-electron chi connectivity index (χ3n) is 3.84. The van der Waals surface area contributed by atoms with E-state index in [9.17, 15) is 19.8 Å². The minimum atomic E-state index is -1.05. The maximum atomic E-state index is 10.3. The van der Waals surface area contributed by atoms with Gasteiger partial charge >= 0.3 is 11.9 Å². The van der Waals surface area contributed by atoms with Crippen molar-refractivity contribution in [3.05, 3.63) is 47.5 Å². The predicted molar refractivity (Wildman–Crippen MR) is 116 cm³/mol. The molecule has 10 nitrogen and oxygen atoms in total. The molecular weight excluding hydrogens is 424 g/mol.